The molecule has 3 rings (SSSR count). The van der Waals surface area contributed by atoms with Crippen LogP contribution in [0.1, 0.15) is 11.4 Å². The standard InChI is InChI=1S/C14H11ClFN5O/c1-6-7(2)19-14-11(18-6)12(22)13(17)20-21(14)10-4-3-8(15)5-9(10)16/h3-5H,1-2H3,(H2,17,20). The van der Waals surface area contributed by atoms with Crippen molar-refractivity contribution in [1.82, 2.24) is 19.7 Å². The Kier molecular flexibility index (Phi) is 3.29. The summed E-state index contributed by atoms with van der Waals surface area (Å²) in [4.78, 5) is 20.6. The third-order valence-electron chi connectivity index (χ3n) is 3.28. The number of hydrogen-bond donors (Lipinski definition) is 1. The molecule has 0 radical (unpaired) electrons. The van der Waals surface area contributed by atoms with Crippen molar-refractivity contribution in [3.8, 4) is 5.69 Å². The predicted molar refractivity (Wildman–Crippen MR) is 81.8 cm³/mol. The SMILES string of the molecule is Cc1nc2c(=O)c(N)nn(-c3ccc(Cl)cc3F)c2nc1C. The van der Waals surface area contributed by atoms with Gasteiger partial charge in [-0.05, 0) is 32.0 Å². The number of fused-ring (bicyclic) bond motifs is 1. The average Bonchev–Trinajstić information content (AvgIpc) is 2.46. The van der Waals surface area contributed by atoms with Gasteiger partial charge in [-0.1, -0.05) is 11.6 Å². The molecule has 3 aromatic rings. The maximum atomic E-state index is 14.2. The van der Waals surface area contributed by atoms with Gasteiger partial charge in [-0.3, -0.25) is 4.79 Å². The quantitative estimate of drug-likeness (QED) is 0.742. The van der Waals surface area contributed by atoms with Gasteiger partial charge in [0.15, 0.2) is 17.0 Å². The molecule has 0 aliphatic rings. The third kappa shape index (κ3) is 2.19. The molecule has 0 unspecified atom stereocenters. The topological polar surface area (TPSA) is 86.7 Å². The highest BCUT2D eigenvalue weighted by molar-refractivity contribution is 6.30. The third-order valence-corrected chi connectivity index (χ3v) is 3.52. The lowest BCUT2D eigenvalue weighted by Gasteiger charge is -2.11. The van der Waals surface area contributed by atoms with Gasteiger partial charge < -0.3 is 5.73 Å². The zero-order chi connectivity index (χ0) is 16.0. The average molecular weight is 320 g/mol. The fraction of sp³-hybridized carbons (Fsp3) is 0.143. The second kappa shape index (κ2) is 5.03. The molecule has 0 fully saturated rings. The molecule has 0 bridgehead atoms. The van der Waals surface area contributed by atoms with Crippen molar-refractivity contribution in [3.63, 3.8) is 0 Å². The van der Waals surface area contributed by atoms with Crippen molar-refractivity contribution in [1.29, 1.82) is 0 Å². The van der Waals surface area contributed by atoms with Gasteiger partial charge in [0, 0.05) is 5.02 Å². The molecule has 0 atom stereocenters. The lowest BCUT2D eigenvalue weighted by atomic mass is 10.3. The molecule has 8 heteroatoms. The number of rotatable bonds is 1. The van der Waals surface area contributed by atoms with E-state index in [0.717, 1.165) is 10.7 Å². The molecule has 2 heterocycles. The maximum absolute atomic E-state index is 14.2. The summed E-state index contributed by atoms with van der Waals surface area (Å²) >= 11 is 5.75. The molecule has 0 saturated heterocycles. The van der Waals surface area contributed by atoms with Crippen molar-refractivity contribution in [2.24, 2.45) is 0 Å². The van der Waals surface area contributed by atoms with E-state index in [4.69, 9.17) is 17.3 Å². The first-order chi connectivity index (χ1) is 10.4. The molecule has 2 aromatic heterocycles. The highest BCUT2D eigenvalue weighted by Gasteiger charge is 2.16. The van der Waals surface area contributed by atoms with Crippen LogP contribution in [0.15, 0.2) is 23.0 Å². The number of nitrogens with two attached hydrogens (primary N) is 1. The van der Waals surface area contributed by atoms with Crippen LogP contribution in [-0.4, -0.2) is 19.7 Å². The summed E-state index contributed by atoms with van der Waals surface area (Å²) in [5, 5.41) is 4.18. The molecular weight excluding hydrogens is 309 g/mol. The molecule has 0 saturated carbocycles. The minimum absolute atomic E-state index is 0.0462. The second-order valence-electron chi connectivity index (χ2n) is 4.79. The first kappa shape index (κ1) is 14.4. The van der Waals surface area contributed by atoms with Gasteiger partial charge >= 0.3 is 0 Å². The van der Waals surface area contributed by atoms with Crippen LogP contribution in [0.4, 0.5) is 10.2 Å². The number of aryl methyl sites for hydroxylation is 2. The van der Waals surface area contributed by atoms with Crippen molar-refractivity contribution in [3.05, 3.63) is 50.7 Å². The van der Waals surface area contributed by atoms with Crippen molar-refractivity contribution in [2.45, 2.75) is 13.8 Å². The molecule has 112 valence electrons. The fourth-order valence-electron chi connectivity index (χ4n) is 2.03. The van der Waals surface area contributed by atoms with Crippen molar-refractivity contribution in [2.75, 3.05) is 5.73 Å². The highest BCUT2D eigenvalue weighted by atomic mass is 35.5. The van der Waals surface area contributed by atoms with Crippen LogP contribution >= 0.6 is 11.6 Å². The van der Waals surface area contributed by atoms with Crippen LogP contribution in [0.2, 0.25) is 5.02 Å². The first-order valence-corrected chi connectivity index (χ1v) is 6.75. The Morgan fingerprint density at radius 3 is 2.59 bits per heavy atom. The summed E-state index contributed by atoms with van der Waals surface area (Å²) in [5.74, 6) is -0.885. The minimum Gasteiger partial charge on any atom is -0.379 e. The van der Waals surface area contributed by atoms with E-state index in [0.29, 0.717) is 11.4 Å². The van der Waals surface area contributed by atoms with E-state index in [1.54, 1.807) is 13.8 Å². The summed E-state index contributed by atoms with van der Waals surface area (Å²) in [6.07, 6.45) is 0. The molecule has 6 nitrogen and oxygen atoms in total. The monoisotopic (exact) mass is 319 g/mol. The van der Waals surface area contributed by atoms with E-state index in [9.17, 15) is 9.18 Å². The molecule has 22 heavy (non-hydrogen) atoms. The zero-order valence-corrected chi connectivity index (χ0v) is 12.5. The van der Waals surface area contributed by atoms with Crippen LogP contribution in [-0.2, 0) is 0 Å². The van der Waals surface area contributed by atoms with Crippen molar-refractivity contribution < 1.29 is 4.39 Å². The number of nitrogen functional groups attached to an aromatic ring is 1. The number of benzene rings is 1. The van der Waals surface area contributed by atoms with Gasteiger partial charge in [0.2, 0.25) is 0 Å². The number of aromatic nitrogens is 4. The minimum atomic E-state index is -0.607. The molecular formula is C14H11ClFN5O. The van der Waals surface area contributed by atoms with Gasteiger partial charge in [0.25, 0.3) is 5.43 Å². The van der Waals surface area contributed by atoms with Crippen LogP contribution in [0, 0.1) is 19.7 Å². The van der Waals surface area contributed by atoms with Crippen LogP contribution in [0.25, 0.3) is 16.9 Å². The Hall–Kier alpha value is -2.54. The Balaban J connectivity index is 2.46. The number of halogens is 2. The summed E-state index contributed by atoms with van der Waals surface area (Å²) in [7, 11) is 0. The van der Waals surface area contributed by atoms with Gasteiger partial charge in [-0.2, -0.15) is 0 Å². The van der Waals surface area contributed by atoms with E-state index in [1.807, 2.05) is 0 Å². The summed E-state index contributed by atoms with van der Waals surface area (Å²) < 4.78 is 15.3. The van der Waals surface area contributed by atoms with Gasteiger partial charge in [-0.25, -0.2) is 19.0 Å². The van der Waals surface area contributed by atoms with E-state index in [2.05, 4.69) is 15.1 Å². The Bertz CT molecular complexity index is 970. The van der Waals surface area contributed by atoms with Crippen molar-refractivity contribution >= 4 is 28.6 Å². The molecule has 2 N–H and O–H groups in total. The van der Waals surface area contributed by atoms with Crippen LogP contribution < -0.4 is 11.2 Å². The van der Waals surface area contributed by atoms with E-state index >= 15 is 0 Å². The molecule has 0 amide bonds. The van der Waals surface area contributed by atoms with Gasteiger partial charge in [0.1, 0.15) is 11.5 Å². The van der Waals surface area contributed by atoms with Crippen LogP contribution in [0.3, 0.4) is 0 Å². The molecule has 0 aliphatic heterocycles. The number of anilines is 1. The smallest absolute Gasteiger partial charge is 0.251 e. The Labute approximate surface area is 129 Å². The summed E-state index contributed by atoms with van der Waals surface area (Å²) in [5.41, 5.74) is 6.58. The fourth-order valence-corrected chi connectivity index (χ4v) is 2.19. The molecule has 0 aliphatic carbocycles. The van der Waals surface area contributed by atoms with E-state index in [-0.39, 0.29) is 27.7 Å². The summed E-state index contributed by atoms with van der Waals surface area (Å²) in [6, 6.07) is 4.09. The normalized spacial score (nSPS) is 11.1. The number of nitrogens with zero attached hydrogens (tertiary/aromatic N) is 4. The molecule has 1 aromatic carbocycles. The first-order valence-electron chi connectivity index (χ1n) is 6.37. The largest absolute Gasteiger partial charge is 0.379 e. The lowest BCUT2D eigenvalue weighted by Crippen LogP contribution is -2.20. The van der Waals surface area contributed by atoms with E-state index in [1.165, 1.54) is 12.1 Å². The van der Waals surface area contributed by atoms with Crippen LogP contribution in [0.5, 0.6) is 0 Å². The predicted octanol–water partition coefficient (Wildman–Crippen LogP) is 2.17. The zero-order valence-electron chi connectivity index (χ0n) is 11.8. The summed E-state index contributed by atoms with van der Waals surface area (Å²) in [6.45, 7) is 3.47. The Morgan fingerprint density at radius 2 is 1.91 bits per heavy atom. The van der Waals surface area contributed by atoms with Gasteiger partial charge in [-0.15, -0.1) is 5.10 Å². The second-order valence-corrected chi connectivity index (χ2v) is 5.22. The number of hydrogen-bond acceptors (Lipinski definition) is 5. The lowest BCUT2D eigenvalue weighted by molar-refractivity contribution is 0.611. The van der Waals surface area contributed by atoms with E-state index < -0.39 is 11.2 Å². The highest BCUT2D eigenvalue weighted by Crippen LogP contribution is 2.20. The maximum Gasteiger partial charge on any atom is 0.251 e. The Morgan fingerprint density at radius 1 is 1.23 bits per heavy atom. The molecule has 0 spiro atoms. The van der Waals surface area contributed by atoms with Gasteiger partial charge in [0.05, 0.1) is 11.4 Å².